The molecule has 2 aromatic carbocycles. The highest BCUT2D eigenvalue weighted by molar-refractivity contribution is 5.96. The molecule has 0 aliphatic carbocycles. The minimum absolute atomic E-state index is 0.109. The molecule has 0 aromatic heterocycles. The molecule has 0 spiro atoms. The summed E-state index contributed by atoms with van der Waals surface area (Å²) in [6.45, 7) is 5.88. The fourth-order valence-corrected chi connectivity index (χ4v) is 4.57. The first-order chi connectivity index (χ1) is 14.5. The highest BCUT2D eigenvalue weighted by Gasteiger charge is 2.27. The van der Waals surface area contributed by atoms with Crippen LogP contribution in [0.1, 0.15) is 55.8 Å². The number of anilines is 1. The van der Waals surface area contributed by atoms with Crippen molar-refractivity contribution in [1.29, 1.82) is 0 Å². The zero-order valence-electron chi connectivity index (χ0n) is 18.3. The molecule has 2 aromatic rings. The Hall–Kier alpha value is -2.37. The number of nitrogens with zero attached hydrogens (tertiary/aromatic N) is 1. The SMILES string of the molecule is CC(C)Oc1cc2c(cc1CNC1CCCNC1c1ccccc1)N(C)C(=O)CC2. The molecular formula is C25H33N3O2. The fraction of sp³-hybridized carbons (Fsp3) is 0.480. The second-order valence-electron chi connectivity index (χ2n) is 8.68. The zero-order valence-corrected chi connectivity index (χ0v) is 18.3. The monoisotopic (exact) mass is 407 g/mol. The Labute approximate surface area is 179 Å². The van der Waals surface area contributed by atoms with Crippen LogP contribution in [0.5, 0.6) is 5.75 Å². The van der Waals surface area contributed by atoms with Gasteiger partial charge in [0, 0.05) is 43.3 Å². The Balaban J connectivity index is 1.57. The number of fused-ring (bicyclic) bond motifs is 1. The van der Waals surface area contributed by atoms with Crippen molar-refractivity contribution >= 4 is 11.6 Å². The summed E-state index contributed by atoms with van der Waals surface area (Å²) >= 11 is 0. The lowest BCUT2D eigenvalue weighted by molar-refractivity contribution is -0.118. The summed E-state index contributed by atoms with van der Waals surface area (Å²) in [6, 6.07) is 15.6. The number of hydrogen-bond acceptors (Lipinski definition) is 4. The van der Waals surface area contributed by atoms with Crippen LogP contribution >= 0.6 is 0 Å². The van der Waals surface area contributed by atoms with Crippen molar-refractivity contribution in [3.05, 3.63) is 59.2 Å². The number of nitrogens with one attached hydrogen (secondary N) is 2. The molecule has 5 nitrogen and oxygen atoms in total. The average Bonchev–Trinajstić information content (AvgIpc) is 2.76. The highest BCUT2D eigenvalue weighted by Crippen LogP contribution is 2.34. The average molecular weight is 408 g/mol. The van der Waals surface area contributed by atoms with Gasteiger partial charge in [-0.3, -0.25) is 4.79 Å². The molecule has 4 rings (SSSR count). The summed E-state index contributed by atoms with van der Waals surface area (Å²) in [5, 5.41) is 7.47. The summed E-state index contributed by atoms with van der Waals surface area (Å²) in [7, 11) is 1.87. The molecule has 0 bridgehead atoms. The fourth-order valence-electron chi connectivity index (χ4n) is 4.57. The Bertz CT molecular complexity index is 881. The number of hydrogen-bond donors (Lipinski definition) is 2. The molecule has 2 N–H and O–H groups in total. The van der Waals surface area contributed by atoms with Gasteiger partial charge >= 0.3 is 0 Å². The third kappa shape index (κ3) is 4.52. The lowest BCUT2D eigenvalue weighted by Gasteiger charge is -2.34. The van der Waals surface area contributed by atoms with Crippen LogP contribution in [0.25, 0.3) is 0 Å². The molecule has 0 radical (unpaired) electrons. The molecule has 0 saturated carbocycles. The Kier molecular flexibility index (Phi) is 6.40. The van der Waals surface area contributed by atoms with Crippen molar-refractivity contribution in [2.45, 2.75) is 64.3 Å². The Morgan fingerprint density at radius 2 is 2.00 bits per heavy atom. The van der Waals surface area contributed by atoms with E-state index in [0.717, 1.165) is 42.8 Å². The van der Waals surface area contributed by atoms with Crippen molar-refractivity contribution in [2.24, 2.45) is 0 Å². The molecule has 1 saturated heterocycles. The van der Waals surface area contributed by atoms with Gasteiger partial charge in [0.25, 0.3) is 0 Å². The van der Waals surface area contributed by atoms with E-state index < -0.39 is 0 Å². The standard InChI is InChI=1S/C25H33N3O2/c1-17(2)30-23-15-19-11-12-24(29)28(3)22(19)14-20(23)16-27-21-10-7-13-26-25(21)18-8-5-4-6-9-18/h4-6,8-9,14-15,17,21,25-27H,7,10-13,16H2,1-3H3. The van der Waals surface area contributed by atoms with E-state index in [1.807, 2.05) is 7.05 Å². The van der Waals surface area contributed by atoms with Gasteiger partial charge in [0.1, 0.15) is 5.75 Å². The van der Waals surface area contributed by atoms with Crippen molar-refractivity contribution in [2.75, 3.05) is 18.5 Å². The lowest BCUT2D eigenvalue weighted by Crippen LogP contribution is -2.45. The summed E-state index contributed by atoms with van der Waals surface area (Å²) < 4.78 is 6.17. The van der Waals surface area contributed by atoms with Gasteiger partial charge in [-0.2, -0.15) is 0 Å². The molecule has 2 aliphatic rings. The van der Waals surface area contributed by atoms with Gasteiger partial charge < -0.3 is 20.3 Å². The molecule has 5 heteroatoms. The van der Waals surface area contributed by atoms with E-state index in [4.69, 9.17) is 4.74 Å². The van der Waals surface area contributed by atoms with Crippen molar-refractivity contribution in [1.82, 2.24) is 10.6 Å². The van der Waals surface area contributed by atoms with E-state index in [-0.39, 0.29) is 12.0 Å². The van der Waals surface area contributed by atoms with Gasteiger partial charge in [-0.05, 0) is 62.9 Å². The number of carbonyl (C=O) groups is 1. The van der Waals surface area contributed by atoms with E-state index in [1.165, 1.54) is 11.1 Å². The molecule has 160 valence electrons. The first-order valence-electron chi connectivity index (χ1n) is 11.1. The third-order valence-electron chi connectivity index (χ3n) is 6.14. The Morgan fingerprint density at radius 3 is 2.77 bits per heavy atom. The van der Waals surface area contributed by atoms with E-state index in [9.17, 15) is 4.79 Å². The number of aryl methyl sites for hydroxylation is 1. The molecule has 2 atom stereocenters. The molecule has 2 heterocycles. The molecule has 1 amide bonds. The summed E-state index contributed by atoms with van der Waals surface area (Å²) in [5.41, 5.74) is 4.64. The van der Waals surface area contributed by atoms with Crippen LogP contribution in [0, 0.1) is 0 Å². The maximum atomic E-state index is 12.2. The number of ether oxygens (including phenoxy) is 1. The number of benzene rings is 2. The second kappa shape index (κ2) is 9.19. The number of amides is 1. The first-order valence-corrected chi connectivity index (χ1v) is 11.1. The van der Waals surface area contributed by atoms with E-state index in [2.05, 4.69) is 66.9 Å². The van der Waals surface area contributed by atoms with Gasteiger partial charge in [-0.25, -0.2) is 0 Å². The van der Waals surface area contributed by atoms with Crippen LogP contribution in [0.2, 0.25) is 0 Å². The second-order valence-corrected chi connectivity index (χ2v) is 8.68. The largest absolute Gasteiger partial charge is 0.491 e. The van der Waals surface area contributed by atoms with Gasteiger partial charge in [0.2, 0.25) is 5.91 Å². The summed E-state index contributed by atoms with van der Waals surface area (Å²) in [5.74, 6) is 1.11. The van der Waals surface area contributed by atoms with Gasteiger partial charge in [0.15, 0.2) is 0 Å². The van der Waals surface area contributed by atoms with Crippen LogP contribution < -0.4 is 20.3 Å². The minimum Gasteiger partial charge on any atom is -0.491 e. The molecule has 1 fully saturated rings. The first kappa shape index (κ1) is 20.9. The predicted octanol–water partition coefficient (Wildman–Crippen LogP) is 3.97. The number of rotatable bonds is 6. The molecule has 30 heavy (non-hydrogen) atoms. The van der Waals surface area contributed by atoms with Gasteiger partial charge in [0.05, 0.1) is 6.10 Å². The lowest BCUT2D eigenvalue weighted by atomic mass is 9.92. The molecular weight excluding hydrogens is 374 g/mol. The van der Waals surface area contributed by atoms with Crippen LogP contribution in [0.15, 0.2) is 42.5 Å². The van der Waals surface area contributed by atoms with Crippen LogP contribution in [-0.2, 0) is 17.8 Å². The van der Waals surface area contributed by atoms with Crippen molar-refractivity contribution in [3.63, 3.8) is 0 Å². The predicted molar refractivity (Wildman–Crippen MR) is 121 cm³/mol. The van der Waals surface area contributed by atoms with E-state index in [0.29, 0.717) is 25.0 Å². The molecule has 2 aliphatic heterocycles. The van der Waals surface area contributed by atoms with E-state index in [1.54, 1.807) is 4.90 Å². The topological polar surface area (TPSA) is 53.6 Å². The van der Waals surface area contributed by atoms with E-state index >= 15 is 0 Å². The quantitative estimate of drug-likeness (QED) is 0.761. The molecule has 2 unspecified atom stereocenters. The Morgan fingerprint density at radius 1 is 1.20 bits per heavy atom. The van der Waals surface area contributed by atoms with Crippen LogP contribution in [-0.4, -0.2) is 31.6 Å². The third-order valence-corrected chi connectivity index (χ3v) is 6.14. The normalized spacial score (nSPS) is 21.6. The maximum Gasteiger partial charge on any atom is 0.227 e. The summed E-state index contributed by atoms with van der Waals surface area (Å²) in [6.07, 6.45) is 3.75. The van der Waals surface area contributed by atoms with Crippen molar-refractivity contribution < 1.29 is 9.53 Å². The minimum atomic E-state index is 0.109. The maximum absolute atomic E-state index is 12.2. The zero-order chi connectivity index (χ0) is 21.1. The van der Waals surface area contributed by atoms with Crippen LogP contribution in [0.4, 0.5) is 5.69 Å². The smallest absolute Gasteiger partial charge is 0.227 e. The number of piperidine rings is 1. The summed E-state index contributed by atoms with van der Waals surface area (Å²) in [4.78, 5) is 14.0. The van der Waals surface area contributed by atoms with Gasteiger partial charge in [-0.15, -0.1) is 0 Å². The van der Waals surface area contributed by atoms with Gasteiger partial charge in [-0.1, -0.05) is 30.3 Å². The number of carbonyl (C=O) groups excluding carboxylic acids is 1. The highest BCUT2D eigenvalue weighted by atomic mass is 16.5. The van der Waals surface area contributed by atoms with Crippen LogP contribution in [0.3, 0.4) is 0 Å². The van der Waals surface area contributed by atoms with Crippen molar-refractivity contribution in [3.8, 4) is 5.75 Å².